The Morgan fingerprint density at radius 1 is 1.29 bits per heavy atom. The molecule has 1 fully saturated rings. The van der Waals surface area contributed by atoms with E-state index in [1.807, 2.05) is 0 Å². The van der Waals surface area contributed by atoms with Gasteiger partial charge in [0.15, 0.2) is 6.23 Å². The third-order valence-corrected chi connectivity index (χ3v) is 4.61. The van der Waals surface area contributed by atoms with E-state index in [0.717, 1.165) is 4.57 Å². The highest BCUT2D eigenvalue weighted by atomic mass is 79.9. The van der Waals surface area contributed by atoms with Crippen LogP contribution in [-0.4, -0.2) is 44.7 Å². The molecule has 28 heavy (non-hydrogen) atoms. The molecule has 0 radical (unpaired) electrons. The van der Waals surface area contributed by atoms with Crippen molar-refractivity contribution in [2.75, 3.05) is 6.61 Å². The van der Waals surface area contributed by atoms with Crippen molar-refractivity contribution in [3.05, 3.63) is 73.2 Å². The first kappa shape index (κ1) is 20.6. The minimum absolute atomic E-state index is 0.0428. The van der Waals surface area contributed by atoms with Gasteiger partial charge < -0.3 is 19.7 Å². The molecule has 3 N–H and O–H groups in total. The predicted octanol–water partition coefficient (Wildman–Crippen LogP) is 0.877. The van der Waals surface area contributed by atoms with Gasteiger partial charge in [0.25, 0.3) is 5.56 Å². The largest absolute Gasteiger partial charge is 0.387 e. The maximum atomic E-state index is 13.6. The van der Waals surface area contributed by atoms with Crippen LogP contribution in [0.2, 0.25) is 0 Å². The molecule has 1 saturated heterocycles. The maximum Gasteiger partial charge on any atom is 0.330 e. The van der Waals surface area contributed by atoms with Gasteiger partial charge in [-0.2, -0.15) is 0 Å². The van der Waals surface area contributed by atoms with Gasteiger partial charge in [-0.15, -0.1) is 0 Å². The molecule has 0 unspecified atom stereocenters. The summed E-state index contributed by atoms with van der Waals surface area (Å²) < 4.78 is 25.6. The van der Waals surface area contributed by atoms with E-state index < -0.39 is 41.6 Å². The summed E-state index contributed by atoms with van der Waals surface area (Å²) in [5.74, 6) is -0.416. The summed E-state index contributed by atoms with van der Waals surface area (Å²) >= 11 is 3.05. The standard InChI is InChI=1S/C18H18BrFN2O6/c19-6-5-10-7-22(18(26)21-16(10)25)17-15(24)14(23)13(28-17)9-27-8-11-3-1-2-4-12(11)20/h1-7,13-15,17,23-24H,8-9H2,(H,21,25,26)/t13-,14-,15+,17-/m1/s1. The average molecular weight is 457 g/mol. The fraction of sp³-hybridized carbons (Fsp3) is 0.333. The molecule has 0 bridgehead atoms. The van der Waals surface area contributed by atoms with Crippen molar-refractivity contribution >= 4 is 22.0 Å². The number of aliphatic hydroxyl groups is 2. The van der Waals surface area contributed by atoms with Crippen LogP contribution in [0.1, 0.15) is 17.4 Å². The zero-order valence-electron chi connectivity index (χ0n) is 14.5. The number of aromatic nitrogens is 2. The highest BCUT2D eigenvalue weighted by molar-refractivity contribution is 9.11. The van der Waals surface area contributed by atoms with Crippen molar-refractivity contribution in [1.82, 2.24) is 9.55 Å². The van der Waals surface area contributed by atoms with Crippen LogP contribution in [0.15, 0.2) is 45.0 Å². The van der Waals surface area contributed by atoms with Crippen LogP contribution in [-0.2, 0) is 16.1 Å². The Morgan fingerprint density at radius 2 is 2.04 bits per heavy atom. The van der Waals surface area contributed by atoms with Crippen molar-refractivity contribution in [2.24, 2.45) is 0 Å². The van der Waals surface area contributed by atoms with Crippen LogP contribution < -0.4 is 11.2 Å². The molecule has 8 nitrogen and oxygen atoms in total. The van der Waals surface area contributed by atoms with Gasteiger partial charge in [0.2, 0.25) is 0 Å². The summed E-state index contributed by atoms with van der Waals surface area (Å²) in [6.45, 7) is -0.172. The van der Waals surface area contributed by atoms with Crippen LogP contribution in [0.25, 0.3) is 6.08 Å². The Bertz CT molecular complexity index is 975. The van der Waals surface area contributed by atoms with Crippen LogP contribution in [0, 0.1) is 5.82 Å². The second kappa shape index (κ2) is 8.93. The number of ether oxygens (including phenoxy) is 2. The topological polar surface area (TPSA) is 114 Å². The fourth-order valence-electron chi connectivity index (χ4n) is 2.87. The van der Waals surface area contributed by atoms with E-state index in [9.17, 15) is 24.2 Å². The molecular weight excluding hydrogens is 439 g/mol. The highest BCUT2D eigenvalue weighted by Gasteiger charge is 2.44. The number of hydrogen-bond acceptors (Lipinski definition) is 6. The molecule has 2 heterocycles. The number of halogens is 2. The Hall–Kier alpha value is -2.11. The highest BCUT2D eigenvalue weighted by Crippen LogP contribution is 2.28. The zero-order valence-corrected chi connectivity index (χ0v) is 16.1. The molecule has 0 aliphatic carbocycles. The Morgan fingerprint density at radius 3 is 2.75 bits per heavy atom. The van der Waals surface area contributed by atoms with Gasteiger partial charge in [-0.05, 0) is 17.1 Å². The molecule has 1 aromatic heterocycles. The lowest BCUT2D eigenvalue weighted by atomic mass is 10.1. The molecule has 2 aromatic rings. The van der Waals surface area contributed by atoms with E-state index in [-0.39, 0.29) is 18.8 Å². The zero-order chi connectivity index (χ0) is 20.3. The summed E-state index contributed by atoms with van der Waals surface area (Å²) in [5.41, 5.74) is -0.896. The SMILES string of the molecule is O=c1[nH]c(=O)n([C@@H]2O[C@H](COCc3ccccc3F)[C@@H](O)[C@@H]2O)cc1C=CBr. The lowest BCUT2D eigenvalue weighted by Crippen LogP contribution is -2.38. The summed E-state index contributed by atoms with van der Waals surface area (Å²) in [5, 5.41) is 20.5. The number of benzene rings is 1. The molecule has 1 aliphatic heterocycles. The third kappa shape index (κ3) is 4.31. The molecule has 1 aliphatic rings. The molecule has 0 spiro atoms. The quantitative estimate of drug-likeness (QED) is 0.594. The summed E-state index contributed by atoms with van der Waals surface area (Å²) in [7, 11) is 0. The fourth-order valence-corrected chi connectivity index (χ4v) is 3.16. The molecule has 150 valence electrons. The van der Waals surface area contributed by atoms with E-state index in [2.05, 4.69) is 20.9 Å². The van der Waals surface area contributed by atoms with Crippen molar-refractivity contribution in [2.45, 2.75) is 31.1 Å². The minimum atomic E-state index is -1.42. The number of hydrogen-bond donors (Lipinski definition) is 3. The smallest absolute Gasteiger partial charge is 0.330 e. The number of nitrogens with one attached hydrogen (secondary N) is 1. The first-order valence-corrected chi connectivity index (χ1v) is 9.29. The monoisotopic (exact) mass is 456 g/mol. The molecule has 0 saturated carbocycles. The lowest BCUT2D eigenvalue weighted by molar-refractivity contribution is -0.0713. The molecule has 4 atom stereocenters. The van der Waals surface area contributed by atoms with Crippen LogP contribution in [0.3, 0.4) is 0 Å². The molecular formula is C18H18BrFN2O6. The number of aromatic amines is 1. The predicted molar refractivity (Wildman–Crippen MR) is 101 cm³/mol. The second-order valence-corrected chi connectivity index (χ2v) is 6.73. The Balaban J connectivity index is 1.72. The van der Waals surface area contributed by atoms with Gasteiger partial charge >= 0.3 is 5.69 Å². The van der Waals surface area contributed by atoms with Crippen LogP contribution in [0.5, 0.6) is 0 Å². The average Bonchev–Trinajstić information content (AvgIpc) is 2.94. The number of rotatable bonds is 6. The number of nitrogens with zero attached hydrogens (tertiary/aromatic N) is 1. The van der Waals surface area contributed by atoms with E-state index in [1.165, 1.54) is 23.3 Å². The van der Waals surface area contributed by atoms with Gasteiger partial charge in [-0.3, -0.25) is 14.3 Å². The minimum Gasteiger partial charge on any atom is -0.387 e. The van der Waals surface area contributed by atoms with E-state index in [4.69, 9.17) is 9.47 Å². The second-order valence-electron chi connectivity index (χ2n) is 6.20. The van der Waals surface area contributed by atoms with Gasteiger partial charge in [-0.25, -0.2) is 9.18 Å². The number of H-pyrrole nitrogens is 1. The summed E-state index contributed by atoms with van der Waals surface area (Å²) in [6, 6.07) is 6.10. The van der Waals surface area contributed by atoms with Gasteiger partial charge in [0.1, 0.15) is 24.1 Å². The van der Waals surface area contributed by atoms with Crippen LogP contribution in [0.4, 0.5) is 4.39 Å². The van der Waals surface area contributed by atoms with Crippen molar-refractivity contribution in [3.8, 4) is 0 Å². The van der Waals surface area contributed by atoms with Gasteiger partial charge in [0.05, 0.1) is 18.8 Å². The normalized spacial score (nSPS) is 24.9. The van der Waals surface area contributed by atoms with Crippen molar-refractivity contribution < 1.29 is 24.1 Å². The number of aliphatic hydroxyl groups excluding tert-OH is 2. The third-order valence-electron chi connectivity index (χ3n) is 4.35. The van der Waals surface area contributed by atoms with Gasteiger partial charge in [-0.1, -0.05) is 34.1 Å². The first-order valence-electron chi connectivity index (χ1n) is 8.37. The van der Waals surface area contributed by atoms with Crippen LogP contribution >= 0.6 is 15.9 Å². The van der Waals surface area contributed by atoms with E-state index in [1.54, 1.807) is 18.2 Å². The first-order chi connectivity index (χ1) is 13.4. The molecule has 10 heteroatoms. The van der Waals surface area contributed by atoms with Crippen molar-refractivity contribution in [3.63, 3.8) is 0 Å². The molecule has 3 rings (SSSR count). The lowest BCUT2D eigenvalue weighted by Gasteiger charge is -2.17. The Labute approximate surface area is 167 Å². The Kier molecular flexibility index (Phi) is 6.57. The van der Waals surface area contributed by atoms with E-state index >= 15 is 0 Å². The maximum absolute atomic E-state index is 13.6. The summed E-state index contributed by atoms with van der Waals surface area (Å²) in [6.07, 6.45) is -2.28. The summed E-state index contributed by atoms with van der Waals surface area (Å²) in [4.78, 5) is 27.4. The van der Waals surface area contributed by atoms with Gasteiger partial charge in [0, 0.05) is 11.8 Å². The van der Waals surface area contributed by atoms with Crippen molar-refractivity contribution in [1.29, 1.82) is 0 Å². The molecule has 1 aromatic carbocycles. The molecule has 0 amide bonds. The van der Waals surface area contributed by atoms with E-state index in [0.29, 0.717) is 5.56 Å².